The fraction of sp³-hybridized carbons (Fsp3) is 0.500. The number of alkyl halides is 3. The number of amides is 2. The zero-order valence-corrected chi connectivity index (χ0v) is 19.8. The first-order valence-corrected chi connectivity index (χ1v) is 12.2. The molecular formula is C26H31F4N3O3. The highest BCUT2D eigenvalue weighted by molar-refractivity contribution is 5.89. The first-order chi connectivity index (χ1) is 17.4. The molecule has 2 aliphatic heterocycles. The number of benzene rings is 2. The molecular weight excluding hydrogens is 478 g/mol. The molecule has 2 fully saturated rings. The van der Waals surface area contributed by atoms with E-state index in [1.807, 2.05) is 4.90 Å². The number of hydrogen-bond donors (Lipinski definition) is 2. The zero-order chi connectivity index (χ0) is 25.5. The molecule has 2 aromatic rings. The second-order valence-electron chi connectivity index (χ2n) is 9.31. The van der Waals surface area contributed by atoms with E-state index >= 15 is 0 Å². The van der Waals surface area contributed by atoms with Crippen molar-refractivity contribution in [3.63, 3.8) is 0 Å². The van der Waals surface area contributed by atoms with E-state index in [9.17, 15) is 22.4 Å². The minimum Gasteiger partial charge on any atom is -0.435 e. The summed E-state index contributed by atoms with van der Waals surface area (Å²) in [5.74, 6) is -0.410. The molecule has 2 aromatic carbocycles. The molecule has 0 bridgehead atoms. The van der Waals surface area contributed by atoms with Crippen LogP contribution in [0.5, 0.6) is 5.75 Å². The van der Waals surface area contributed by atoms with Gasteiger partial charge in [0.25, 0.3) is 0 Å². The Balaban J connectivity index is 1.26. The Kier molecular flexibility index (Phi) is 9.03. The Morgan fingerprint density at radius 1 is 1.11 bits per heavy atom. The maximum atomic E-state index is 15.0. The Labute approximate surface area is 207 Å². The first kappa shape index (κ1) is 26.2. The van der Waals surface area contributed by atoms with Gasteiger partial charge in [0.15, 0.2) is 0 Å². The normalized spacial score (nSPS) is 24.9. The van der Waals surface area contributed by atoms with Gasteiger partial charge < -0.3 is 20.1 Å². The summed E-state index contributed by atoms with van der Waals surface area (Å²) in [6, 6.07) is 11.2. The Morgan fingerprint density at radius 2 is 1.86 bits per heavy atom. The highest BCUT2D eigenvalue weighted by Gasteiger charge is 2.34. The second-order valence-corrected chi connectivity index (χ2v) is 9.31. The molecule has 10 heteroatoms. The highest BCUT2D eigenvalue weighted by Crippen LogP contribution is 2.26. The molecule has 0 spiro atoms. The van der Waals surface area contributed by atoms with Crippen molar-refractivity contribution in [2.75, 3.05) is 31.6 Å². The summed E-state index contributed by atoms with van der Waals surface area (Å²) in [6.07, 6.45) is 1.53. The number of hydrogen-bond acceptors (Lipinski definition) is 4. The van der Waals surface area contributed by atoms with Crippen LogP contribution < -0.4 is 15.4 Å². The average Bonchev–Trinajstić information content (AvgIpc) is 2.84. The summed E-state index contributed by atoms with van der Waals surface area (Å²) in [6.45, 7) is -0.816. The van der Waals surface area contributed by atoms with Crippen molar-refractivity contribution < 1.29 is 31.8 Å². The molecule has 6 nitrogen and oxygen atoms in total. The van der Waals surface area contributed by atoms with E-state index in [0.717, 1.165) is 24.9 Å². The van der Waals surface area contributed by atoms with Gasteiger partial charge in [-0.2, -0.15) is 8.78 Å². The summed E-state index contributed by atoms with van der Waals surface area (Å²) in [5.41, 5.74) is 1.37. The van der Waals surface area contributed by atoms with Crippen molar-refractivity contribution in [1.82, 2.24) is 10.2 Å². The third kappa shape index (κ3) is 7.57. The number of piperidine rings is 1. The lowest BCUT2D eigenvalue weighted by Crippen LogP contribution is -2.54. The van der Waals surface area contributed by atoms with Crippen LogP contribution in [0.25, 0.3) is 0 Å². The number of anilines is 1. The van der Waals surface area contributed by atoms with Gasteiger partial charge >= 0.3 is 12.6 Å². The molecule has 0 aromatic heterocycles. The van der Waals surface area contributed by atoms with Gasteiger partial charge in [0, 0.05) is 25.4 Å². The molecule has 2 amide bonds. The zero-order valence-electron chi connectivity index (χ0n) is 19.8. The van der Waals surface area contributed by atoms with Gasteiger partial charge in [-0.3, -0.25) is 4.90 Å². The van der Waals surface area contributed by atoms with E-state index in [1.54, 1.807) is 12.1 Å². The molecule has 2 unspecified atom stereocenters. The number of carbonyl (C=O) groups is 1. The minimum absolute atomic E-state index is 0.00399. The summed E-state index contributed by atoms with van der Waals surface area (Å²) in [7, 11) is 0. The van der Waals surface area contributed by atoms with Crippen LogP contribution in [0.15, 0.2) is 48.5 Å². The summed E-state index contributed by atoms with van der Waals surface area (Å²) >= 11 is 0. The van der Waals surface area contributed by atoms with E-state index in [0.29, 0.717) is 31.7 Å². The number of nitrogens with zero attached hydrogens (tertiary/aromatic N) is 1. The third-order valence-corrected chi connectivity index (χ3v) is 6.70. The predicted octanol–water partition coefficient (Wildman–Crippen LogP) is 5.00. The van der Waals surface area contributed by atoms with Crippen LogP contribution in [0.4, 0.5) is 28.0 Å². The minimum atomic E-state index is -2.91. The highest BCUT2D eigenvalue weighted by atomic mass is 19.3. The molecule has 2 aliphatic rings. The summed E-state index contributed by atoms with van der Waals surface area (Å²) < 4.78 is 62.9. The first-order valence-electron chi connectivity index (χ1n) is 12.2. The van der Waals surface area contributed by atoms with Gasteiger partial charge in [-0.05, 0) is 80.1 Å². The number of rotatable bonds is 8. The molecule has 4 atom stereocenters. The van der Waals surface area contributed by atoms with Gasteiger partial charge in [0.2, 0.25) is 0 Å². The number of urea groups is 1. The predicted molar refractivity (Wildman–Crippen MR) is 128 cm³/mol. The Bertz CT molecular complexity index is 977. The molecule has 0 aliphatic carbocycles. The number of likely N-dealkylation sites (tertiary alicyclic amines) is 1. The molecule has 36 heavy (non-hydrogen) atoms. The van der Waals surface area contributed by atoms with Crippen LogP contribution >= 0.6 is 0 Å². The number of carbonyl (C=O) groups excluding carboxylic acids is 1. The summed E-state index contributed by atoms with van der Waals surface area (Å²) in [4.78, 5) is 14.6. The van der Waals surface area contributed by atoms with Crippen molar-refractivity contribution in [3.8, 4) is 5.75 Å². The van der Waals surface area contributed by atoms with Crippen molar-refractivity contribution >= 4 is 11.7 Å². The van der Waals surface area contributed by atoms with Crippen molar-refractivity contribution in [3.05, 3.63) is 59.9 Å². The van der Waals surface area contributed by atoms with Gasteiger partial charge in [0.05, 0.1) is 12.1 Å². The van der Waals surface area contributed by atoms with E-state index in [4.69, 9.17) is 4.74 Å². The van der Waals surface area contributed by atoms with E-state index in [-0.39, 0.29) is 36.2 Å². The molecule has 0 radical (unpaired) electrons. The molecule has 0 saturated carbocycles. The lowest BCUT2D eigenvalue weighted by molar-refractivity contribution is -0.0498. The van der Waals surface area contributed by atoms with E-state index in [1.165, 1.54) is 36.4 Å². The number of nitrogens with one attached hydrogen (secondary N) is 2. The quantitative estimate of drug-likeness (QED) is 0.492. The van der Waals surface area contributed by atoms with Gasteiger partial charge in [0.1, 0.15) is 17.7 Å². The van der Waals surface area contributed by atoms with E-state index in [2.05, 4.69) is 15.4 Å². The topological polar surface area (TPSA) is 62.8 Å². The van der Waals surface area contributed by atoms with Gasteiger partial charge in [-0.15, -0.1) is 0 Å². The molecule has 2 N–H and O–H groups in total. The summed E-state index contributed by atoms with van der Waals surface area (Å²) in [5, 5.41) is 5.62. The maximum Gasteiger partial charge on any atom is 0.387 e. The SMILES string of the molecule is O=C(Nc1ccc(OC(F)F)cc1)N[C@@H]1CCCO[C@@H]1CN1CCC(Cc2ccc(F)cc2)C(F)C1. The fourth-order valence-corrected chi connectivity index (χ4v) is 4.83. The lowest BCUT2D eigenvalue weighted by atomic mass is 9.88. The molecule has 4 rings (SSSR count). The maximum absolute atomic E-state index is 15.0. The molecule has 2 heterocycles. The molecule has 196 valence electrons. The number of ether oxygens (including phenoxy) is 2. The fourth-order valence-electron chi connectivity index (χ4n) is 4.83. The number of halogens is 4. The van der Waals surface area contributed by atoms with Gasteiger partial charge in [-0.25, -0.2) is 13.6 Å². The Hall–Kier alpha value is -2.85. The Morgan fingerprint density at radius 3 is 2.56 bits per heavy atom. The van der Waals surface area contributed by atoms with Crippen LogP contribution in [-0.2, 0) is 11.2 Å². The van der Waals surface area contributed by atoms with Crippen LogP contribution in [0.1, 0.15) is 24.8 Å². The molecule has 2 saturated heterocycles. The third-order valence-electron chi connectivity index (χ3n) is 6.70. The second kappa shape index (κ2) is 12.4. The van der Waals surface area contributed by atoms with Crippen molar-refractivity contribution in [2.24, 2.45) is 5.92 Å². The van der Waals surface area contributed by atoms with Crippen LogP contribution in [0, 0.1) is 11.7 Å². The van der Waals surface area contributed by atoms with Crippen molar-refractivity contribution in [1.29, 1.82) is 0 Å². The van der Waals surface area contributed by atoms with Crippen LogP contribution in [0.2, 0.25) is 0 Å². The monoisotopic (exact) mass is 509 g/mol. The average molecular weight is 510 g/mol. The van der Waals surface area contributed by atoms with Gasteiger partial charge in [-0.1, -0.05) is 12.1 Å². The van der Waals surface area contributed by atoms with Crippen LogP contribution in [-0.4, -0.2) is 62.1 Å². The van der Waals surface area contributed by atoms with E-state index < -0.39 is 18.8 Å². The smallest absolute Gasteiger partial charge is 0.387 e. The van der Waals surface area contributed by atoms with Crippen molar-refractivity contribution in [2.45, 2.75) is 50.6 Å². The largest absolute Gasteiger partial charge is 0.435 e. The van der Waals surface area contributed by atoms with Crippen LogP contribution in [0.3, 0.4) is 0 Å². The lowest BCUT2D eigenvalue weighted by Gasteiger charge is -2.39. The standard InChI is InChI=1S/C26H31F4N3O3/c27-19-5-3-17(4-6-19)14-18-11-12-33(15-22(18)28)16-24-23(2-1-13-35-24)32-26(34)31-20-7-9-21(10-8-20)36-25(29)30/h3-10,18,22-25H,1-2,11-16H2,(H2,31,32,34)/t18?,22?,23-,24-/m1/s1.